The lowest BCUT2D eigenvalue weighted by atomic mass is 10.3. The van der Waals surface area contributed by atoms with E-state index < -0.39 is 11.2 Å². The van der Waals surface area contributed by atoms with E-state index in [4.69, 9.17) is 11.1 Å². The van der Waals surface area contributed by atoms with E-state index in [2.05, 4.69) is 4.74 Å². The Hall–Kier alpha value is -1.04. The number of ketones is 1. The Morgan fingerprint density at radius 3 is 2.33 bits per heavy atom. The van der Waals surface area contributed by atoms with E-state index in [0.29, 0.717) is 11.8 Å². The standard InChI is InChI=1S/C6H10N2O3S/c1-3(9)4(5(10)11-2)12-6(7)8/h4H,1-2H3,(H3,7,8). The first kappa shape index (κ1) is 11.0. The van der Waals surface area contributed by atoms with Crippen LogP contribution >= 0.6 is 11.8 Å². The van der Waals surface area contributed by atoms with E-state index in [1.165, 1.54) is 14.0 Å². The molecule has 0 aromatic rings. The summed E-state index contributed by atoms with van der Waals surface area (Å²) < 4.78 is 4.34. The summed E-state index contributed by atoms with van der Waals surface area (Å²) in [5.41, 5.74) is 5.01. The van der Waals surface area contributed by atoms with E-state index in [9.17, 15) is 9.59 Å². The van der Waals surface area contributed by atoms with Gasteiger partial charge >= 0.3 is 5.97 Å². The molecule has 0 fully saturated rings. The van der Waals surface area contributed by atoms with Crippen LogP contribution in [0.2, 0.25) is 0 Å². The van der Waals surface area contributed by atoms with E-state index >= 15 is 0 Å². The molecule has 5 nitrogen and oxygen atoms in total. The zero-order valence-corrected chi connectivity index (χ0v) is 7.60. The van der Waals surface area contributed by atoms with Crippen molar-refractivity contribution in [2.75, 3.05) is 7.11 Å². The molecule has 68 valence electrons. The Bertz CT molecular complexity index is 217. The second-order valence-corrected chi connectivity index (χ2v) is 3.14. The van der Waals surface area contributed by atoms with Gasteiger partial charge in [0.15, 0.2) is 16.2 Å². The van der Waals surface area contributed by atoms with Crippen molar-refractivity contribution in [3.63, 3.8) is 0 Å². The maximum Gasteiger partial charge on any atom is 0.326 e. The quantitative estimate of drug-likeness (QED) is 0.277. The van der Waals surface area contributed by atoms with Crippen LogP contribution in [0.1, 0.15) is 6.92 Å². The molecular formula is C6H10N2O3S. The van der Waals surface area contributed by atoms with Crippen molar-refractivity contribution in [1.29, 1.82) is 5.41 Å². The van der Waals surface area contributed by atoms with Gasteiger partial charge in [-0.05, 0) is 6.92 Å². The number of rotatable bonds is 3. The second-order valence-electron chi connectivity index (χ2n) is 2.00. The van der Waals surface area contributed by atoms with Crippen LogP contribution in [0.3, 0.4) is 0 Å². The van der Waals surface area contributed by atoms with Gasteiger partial charge in [0.2, 0.25) is 0 Å². The highest BCUT2D eigenvalue weighted by Crippen LogP contribution is 2.12. The maximum atomic E-state index is 10.9. The summed E-state index contributed by atoms with van der Waals surface area (Å²) in [4.78, 5) is 21.7. The summed E-state index contributed by atoms with van der Waals surface area (Å²) >= 11 is 0.677. The Labute approximate surface area is 74.1 Å². The first-order valence-corrected chi connectivity index (χ1v) is 3.96. The third kappa shape index (κ3) is 3.38. The first-order valence-electron chi connectivity index (χ1n) is 3.08. The highest BCUT2D eigenvalue weighted by molar-refractivity contribution is 8.15. The number of nitrogens with one attached hydrogen (secondary N) is 1. The van der Waals surface area contributed by atoms with Gasteiger partial charge in [-0.25, -0.2) is 0 Å². The van der Waals surface area contributed by atoms with Gasteiger partial charge < -0.3 is 10.5 Å². The molecule has 0 rings (SSSR count). The predicted octanol–water partition coefficient (Wildman–Crippen LogP) is -0.256. The summed E-state index contributed by atoms with van der Waals surface area (Å²) in [5, 5.41) is 5.58. The molecule has 0 aliphatic heterocycles. The fraction of sp³-hybridized carbons (Fsp3) is 0.500. The predicted molar refractivity (Wildman–Crippen MR) is 46.0 cm³/mol. The highest BCUT2D eigenvalue weighted by atomic mass is 32.2. The van der Waals surface area contributed by atoms with Crippen LogP contribution in [0, 0.1) is 5.41 Å². The van der Waals surface area contributed by atoms with E-state index in [-0.39, 0.29) is 11.0 Å². The minimum Gasteiger partial charge on any atom is -0.468 e. The van der Waals surface area contributed by atoms with Crippen molar-refractivity contribution in [2.45, 2.75) is 12.2 Å². The first-order chi connectivity index (χ1) is 5.49. The number of ether oxygens (including phenoxy) is 1. The SMILES string of the molecule is COC(=O)C(SC(=N)N)C(C)=O. The summed E-state index contributed by atoms with van der Waals surface area (Å²) in [6.07, 6.45) is 0. The van der Waals surface area contributed by atoms with E-state index in [1.807, 2.05) is 0 Å². The summed E-state index contributed by atoms with van der Waals surface area (Å²) in [6, 6.07) is 0. The third-order valence-electron chi connectivity index (χ3n) is 1.03. The minimum absolute atomic E-state index is 0.277. The zero-order chi connectivity index (χ0) is 9.72. The van der Waals surface area contributed by atoms with Crippen molar-refractivity contribution in [2.24, 2.45) is 5.73 Å². The molecule has 0 aromatic carbocycles. The average Bonchev–Trinajstić information content (AvgIpc) is 1.98. The van der Waals surface area contributed by atoms with Gasteiger partial charge in [-0.3, -0.25) is 15.0 Å². The number of methoxy groups -OCH3 is 1. The van der Waals surface area contributed by atoms with Gasteiger partial charge in [0.25, 0.3) is 0 Å². The fourth-order valence-corrected chi connectivity index (χ4v) is 1.14. The molecule has 0 amide bonds. The lowest BCUT2D eigenvalue weighted by Crippen LogP contribution is -2.29. The fourth-order valence-electron chi connectivity index (χ4n) is 0.531. The Balaban J connectivity index is 4.33. The maximum absolute atomic E-state index is 10.9. The van der Waals surface area contributed by atoms with Crippen LogP contribution in [0.5, 0.6) is 0 Å². The van der Waals surface area contributed by atoms with Crippen molar-refractivity contribution in [3.8, 4) is 0 Å². The van der Waals surface area contributed by atoms with Gasteiger partial charge in [-0.15, -0.1) is 0 Å². The molecule has 0 saturated heterocycles. The van der Waals surface area contributed by atoms with Crippen molar-refractivity contribution >= 4 is 28.7 Å². The van der Waals surface area contributed by atoms with Gasteiger partial charge in [0.05, 0.1) is 7.11 Å². The summed E-state index contributed by atoms with van der Waals surface area (Å²) in [5.74, 6) is -1.05. The van der Waals surface area contributed by atoms with Crippen LogP contribution in [0.15, 0.2) is 0 Å². The number of thioether (sulfide) groups is 1. The van der Waals surface area contributed by atoms with Gasteiger partial charge in [-0.1, -0.05) is 11.8 Å². The summed E-state index contributed by atoms with van der Waals surface area (Å²) in [6.45, 7) is 1.25. The van der Waals surface area contributed by atoms with Crippen molar-refractivity contribution in [3.05, 3.63) is 0 Å². The smallest absolute Gasteiger partial charge is 0.326 e. The minimum atomic E-state index is -1.01. The summed E-state index contributed by atoms with van der Waals surface area (Å²) in [7, 11) is 1.18. The third-order valence-corrected chi connectivity index (χ3v) is 2.04. The van der Waals surface area contributed by atoms with Crippen LogP contribution in [-0.2, 0) is 14.3 Å². The molecule has 12 heavy (non-hydrogen) atoms. The Morgan fingerprint density at radius 1 is 1.58 bits per heavy atom. The molecule has 6 heteroatoms. The van der Waals surface area contributed by atoms with Gasteiger partial charge in [0.1, 0.15) is 0 Å². The molecule has 0 saturated carbocycles. The number of carbonyl (C=O) groups is 2. The number of hydrogen-bond acceptors (Lipinski definition) is 5. The van der Waals surface area contributed by atoms with Gasteiger partial charge in [0, 0.05) is 0 Å². The number of Topliss-reactive ketones (excluding diaryl/α,β-unsaturated/α-hetero) is 1. The molecule has 0 aliphatic carbocycles. The largest absolute Gasteiger partial charge is 0.468 e. The Kier molecular flexibility index (Phi) is 4.35. The monoisotopic (exact) mass is 190 g/mol. The lowest BCUT2D eigenvalue weighted by molar-refractivity contribution is -0.142. The molecular weight excluding hydrogens is 180 g/mol. The van der Waals surface area contributed by atoms with E-state index in [0.717, 1.165) is 0 Å². The average molecular weight is 190 g/mol. The van der Waals surface area contributed by atoms with Gasteiger partial charge in [-0.2, -0.15) is 0 Å². The van der Waals surface area contributed by atoms with Crippen molar-refractivity contribution in [1.82, 2.24) is 0 Å². The molecule has 0 aliphatic rings. The van der Waals surface area contributed by atoms with E-state index in [1.54, 1.807) is 0 Å². The topological polar surface area (TPSA) is 93.2 Å². The molecule has 0 spiro atoms. The molecule has 0 bridgehead atoms. The Morgan fingerprint density at radius 2 is 2.08 bits per heavy atom. The molecule has 1 atom stereocenters. The molecule has 0 aromatic heterocycles. The number of hydrogen-bond donors (Lipinski definition) is 2. The molecule has 0 heterocycles. The molecule has 3 N–H and O–H groups in total. The lowest BCUT2D eigenvalue weighted by Gasteiger charge is -2.08. The molecule has 1 unspecified atom stereocenters. The second kappa shape index (κ2) is 4.76. The zero-order valence-electron chi connectivity index (χ0n) is 6.79. The number of esters is 1. The number of carbonyl (C=O) groups excluding carboxylic acids is 2. The highest BCUT2D eigenvalue weighted by Gasteiger charge is 2.25. The van der Waals surface area contributed by atoms with Crippen LogP contribution < -0.4 is 5.73 Å². The van der Waals surface area contributed by atoms with Crippen molar-refractivity contribution < 1.29 is 14.3 Å². The van der Waals surface area contributed by atoms with Crippen LogP contribution in [-0.4, -0.2) is 29.3 Å². The van der Waals surface area contributed by atoms with Crippen LogP contribution in [0.25, 0.3) is 0 Å². The number of amidine groups is 1. The number of nitrogens with two attached hydrogens (primary N) is 1. The van der Waals surface area contributed by atoms with Crippen LogP contribution in [0.4, 0.5) is 0 Å². The normalized spacial score (nSPS) is 11.8. The molecule has 0 radical (unpaired) electrons.